The predicted octanol–water partition coefficient (Wildman–Crippen LogP) is 4.48. The Balaban J connectivity index is 1.55. The second-order valence-corrected chi connectivity index (χ2v) is 9.12. The number of benzene rings is 1. The number of nitrogen functional groups attached to an aromatic ring is 1. The van der Waals surface area contributed by atoms with Gasteiger partial charge in [0.1, 0.15) is 16.5 Å². The van der Waals surface area contributed by atoms with Crippen LogP contribution in [0.2, 0.25) is 0 Å². The molecule has 0 saturated carbocycles. The SMILES string of the molecule is CC(C)[C@H]1Cc2c(sc3nc(SCC(=O)c4ccc(F)cc4)nc(N)c23)CO1. The number of nitrogens with two attached hydrogens (primary N) is 1. The van der Waals surface area contributed by atoms with Crippen molar-refractivity contribution in [1.29, 1.82) is 0 Å². The minimum absolute atomic E-state index is 0.106. The van der Waals surface area contributed by atoms with E-state index in [4.69, 9.17) is 10.5 Å². The van der Waals surface area contributed by atoms with E-state index in [1.54, 1.807) is 11.3 Å². The lowest BCUT2D eigenvalue weighted by molar-refractivity contribution is 0.00203. The molecule has 1 atom stereocenters. The second-order valence-electron chi connectivity index (χ2n) is 7.09. The molecule has 2 N–H and O–H groups in total. The average Bonchev–Trinajstić information content (AvgIpc) is 3.04. The van der Waals surface area contributed by atoms with Crippen molar-refractivity contribution in [2.24, 2.45) is 5.92 Å². The van der Waals surface area contributed by atoms with Gasteiger partial charge in [0.25, 0.3) is 0 Å². The van der Waals surface area contributed by atoms with Gasteiger partial charge in [-0.1, -0.05) is 25.6 Å². The summed E-state index contributed by atoms with van der Waals surface area (Å²) in [5.74, 6) is 0.573. The summed E-state index contributed by atoms with van der Waals surface area (Å²) in [6.07, 6.45) is 0.989. The number of hydrogen-bond acceptors (Lipinski definition) is 7. The molecule has 146 valence electrons. The number of hydrogen-bond donors (Lipinski definition) is 1. The molecule has 1 aromatic carbocycles. The molecule has 0 spiro atoms. The molecule has 0 aliphatic carbocycles. The first-order valence-electron chi connectivity index (χ1n) is 9.03. The van der Waals surface area contributed by atoms with Crippen molar-refractivity contribution in [3.8, 4) is 0 Å². The Bertz CT molecular complexity index is 1030. The number of carbonyl (C=O) groups is 1. The molecule has 28 heavy (non-hydrogen) atoms. The van der Waals surface area contributed by atoms with Gasteiger partial charge in [0, 0.05) is 16.9 Å². The van der Waals surface area contributed by atoms with E-state index < -0.39 is 0 Å². The Morgan fingerprint density at radius 1 is 1.36 bits per heavy atom. The number of carbonyl (C=O) groups excluding carboxylic acids is 1. The van der Waals surface area contributed by atoms with Crippen molar-refractivity contribution in [3.63, 3.8) is 0 Å². The maximum absolute atomic E-state index is 13.0. The van der Waals surface area contributed by atoms with Gasteiger partial charge in [0.05, 0.1) is 23.8 Å². The van der Waals surface area contributed by atoms with Gasteiger partial charge < -0.3 is 10.5 Å². The van der Waals surface area contributed by atoms with Gasteiger partial charge in [-0.2, -0.15) is 0 Å². The van der Waals surface area contributed by atoms with E-state index >= 15 is 0 Å². The molecule has 3 aromatic rings. The highest BCUT2D eigenvalue weighted by atomic mass is 32.2. The number of nitrogens with zero attached hydrogens (tertiary/aromatic N) is 2. The molecule has 0 unspecified atom stereocenters. The van der Waals surface area contributed by atoms with Gasteiger partial charge >= 0.3 is 0 Å². The lowest BCUT2D eigenvalue weighted by Crippen LogP contribution is -2.26. The third-order valence-electron chi connectivity index (χ3n) is 4.82. The maximum Gasteiger partial charge on any atom is 0.191 e. The van der Waals surface area contributed by atoms with E-state index in [0.29, 0.717) is 29.1 Å². The normalized spacial score (nSPS) is 16.5. The Hall–Kier alpha value is -2.03. The van der Waals surface area contributed by atoms with E-state index in [1.165, 1.54) is 41.6 Å². The van der Waals surface area contributed by atoms with Crippen molar-refractivity contribution in [3.05, 3.63) is 46.1 Å². The summed E-state index contributed by atoms with van der Waals surface area (Å²) in [5.41, 5.74) is 7.92. The fourth-order valence-electron chi connectivity index (χ4n) is 3.23. The molecule has 0 radical (unpaired) electrons. The summed E-state index contributed by atoms with van der Waals surface area (Å²) in [6.45, 7) is 4.87. The monoisotopic (exact) mass is 417 g/mol. The first-order chi connectivity index (χ1) is 13.4. The minimum atomic E-state index is -0.365. The fraction of sp³-hybridized carbons (Fsp3) is 0.350. The van der Waals surface area contributed by atoms with Crippen LogP contribution < -0.4 is 5.73 Å². The van der Waals surface area contributed by atoms with E-state index in [9.17, 15) is 9.18 Å². The van der Waals surface area contributed by atoms with Crippen molar-refractivity contribution in [1.82, 2.24) is 9.97 Å². The number of thiophene rings is 1. The number of Topliss-reactive ketones (excluding diaryl/α,β-unsaturated/α-hetero) is 1. The third kappa shape index (κ3) is 3.76. The molecular formula is C20H20FN3O2S2. The molecule has 5 nitrogen and oxygen atoms in total. The average molecular weight is 418 g/mol. The van der Waals surface area contributed by atoms with Crippen LogP contribution in [0.15, 0.2) is 29.4 Å². The number of fused-ring (bicyclic) bond motifs is 3. The van der Waals surface area contributed by atoms with Gasteiger partial charge in [-0.15, -0.1) is 11.3 Å². The van der Waals surface area contributed by atoms with Crippen LogP contribution in [0.4, 0.5) is 10.2 Å². The highest BCUT2D eigenvalue weighted by molar-refractivity contribution is 7.99. The zero-order valence-electron chi connectivity index (χ0n) is 15.6. The number of rotatable bonds is 5. The molecule has 2 aromatic heterocycles. The van der Waals surface area contributed by atoms with Crippen LogP contribution in [0.1, 0.15) is 34.6 Å². The zero-order valence-corrected chi connectivity index (χ0v) is 17.2. The Morgan fingerprint density at radius 2 is 2.11 bits per heavy atom. The van der Waals surface area contributed by atoms with E-state index in [0.717, 1.165) is 21.5 Å². The highest BCUT2D eigenvalue weighted by Crippen LogP contribution is 2.39. The second kappa shape index (κ2) is 7.77. The van der Waals surface area contributed by atoms with E-state index in [2.05, 4.69) is 23.8 Å². The van der Waals surface area contributed by atoms with Crippen LogP contribution in [0, 0.1) is 11.7 Å². The summed E-state index contributed by atoms with van der Waals surface area (Å²) in [7, 11) is 0. The smallest absolute Gasteiger partial charge is 0.191 e. The van der Waals surface area contributed by atoms with Crippen LogP contribution in [-0.2, 0) is 17.8 Å². The molecule has 1 aliphatic rings. The third-order valence-corrected chi connectivity index (χ3v) is 6.76. The Labute approximate surface area is 170 Å². The summed E-state index contributed by atoms with van der Waals surface area (Å²) in [5, 5.41) is 1.39. The molecule has 0 amide bonds. The molecule has 8 heteroatoms. The van der Waals surface area contributed by atoms with Crippen LogP contribution in [-0.4, -0.2) is 27.6 Å². The fourth-order valence-corrected chi connectivity index (χ4v) is 5.16. The molecule has 0 fully saturated rings. The molecule has 1 aliphatic heterocycles. The lowest BCUT2D eigenvalue weighted by atomic mass is 9.96. The topological polar surface area (TPSA) is 78.1 Å². The highest BCUT2D eigenvalue weighted by Gasteiger charge is 2.27. The summed E-state index contributed by atoms with van der Waals surface area (Å²) in [6, 6.07) is 5.52. The minimum Gasteiger partial charge on any atom is -0.383 e. The Kier molecular flexibility index (Phi) is 5.35. The summed E-state index contributed by atoms with van der Waals surface area (Å²) < 4.78 is 18.9. The van der Waals surface area contributed by atoms with Crippen LogP contribution >= 0.6 is 23.1 Å². The molecule has 0 saturated heterocycles. The van der Waals surface area contributed by atoms with Crippen LogP contribution in [0.25, 0.3) is 10.2 Å². The lowest BCUT2D eigenvalue weighted by Gasteiger charge is -2.26. The summed E-state index contributed by atoms with van der Waals surface area (Å²) in [4.78, 5) is 23.3. The number of anilines is 1. The van der Waals surface area contributed by atoms with Crippen molar-refractivity contribution >= 4 is 44.9 Å². The van der Waals surface area contributed by atoms with E-state index in [1.807, 2.05) is 0 Å². The quantitative estimate of drug-likeness (QED) is 0.375. The van der Waals surface area contributed by atoms with Gasteiger partial charge in [-0.05, 0) is 35.7 Å². The van der Waals surface area contributed by atoms with Crippen LogP contribution in [0.3, 0.4) is 0 Å². The molecule has 0 bridgehead atoms. The number of ketones is 1. The number of thioether (sulfide) groups is 1. The Morgan fingerprint density at radius 3 is 2.82 bits per heavy atom. The van der Waals surface area contributed by atoms with Crippen molar-refractivity contribution < 1.29 is 13.9 Å². The molecule has 4 rings (SSSR count). The van der Waals surface area contributed by atoms with Gasteiger partial charge in [0.15, 0.2) is 10.9 Å². The van der Waals surface area contributed by atoms with Gasteiger partial charge in [-0.25, -0.2) is 14.4 Å². The zero-order chi connectivity index (χ0) is 19.8. The standard InChI is InChI=1S/C20H20FN3O2S2/c1-10(2)15-7-13-16(8-26-15)28-19-17(13)18(22)23-20(24-19)27-9-14(25)11-3-5-12(21)6-4-11/h3-6,10,15H,7-9H2,1-2H3,(H2,22,23,24)/t15-/m1/s1. The summed E-state index contributed by atoms with van der Waals surface area (Å²) >= 11 is 2.82. The van der Waals surface area contributed by atoms with Gasteiger partial charge in [0.2, 0.25) is 0 Å². The number of aromatic nitrogens is 2. The van der Waals surface area contributed by atoms with Crippen LogP contribution in [0.5, 0.6) is 0 Å². The van der Waals surface area contributed by atoms with Crippen molar-refractivity contribution in [2.75, 3.05) is 11.5 Å². The number of ether oxygens (including phenoxy) is 1. The first-order valence-corrected chi connectivity index (χ1v) is 10.8. The predicted molar refractivity (Wildman–Crippen MR) is 110 cm³/mol. The maximum atomic E-state index is 13.0. The van der Waals surface area contributed by atoms with E-state index in [-0.39, 0.29) is 23.5 Å². The first kappa shape index (κ1) is 19.3. The molecular weight excluding hydrogens is 397 g/mol. The number of halogens is 1. The van der Waals surface area contributed by atoms with Gasteiger partial charge in [-0.3, -0.25) is 4.79 Å². The largest absolute Gasteiger partial charge is 0.383 e. The van der Waals surface area contributed by atoms with Crippen molar-refractivity contribution in [2.45, 2.75) is 38.1 Å². The molecule has 3 heterocycles.